The first-order chi connectivity index (χ1) is 22.3. The summed E-state index contributed by atoms with van der Waals surface area (Å²) in [6, 6.07) is 6.22. The zero-order valence-electron chi connectivity index (χ0n) is 27.1. The highest BCUT2D eigenvalue weighted by Crippen LogP contribution is 2.49. The molecule has 0 heterocycles. The highest BCUT2D eigenvalue weighted by atomic mass is 31.2. The van der Waals surface area contributed by atoms with E-state index in [-0.39, 0.29) is 62.7 Å². The number of alkyl halides is 6. The van der Waals surface area contributed by atoms with E-state index in [1.807, 2.05) is 0 Å². The zero-order valence-corrected chi connectivity index (χ0v) is 28.9. The quantitative estimate of drug-likeness (QED) is 0.124. The van der Waals surface area contributed by atoms with Crippen LogP contribution in [0.1, 0.15) is 78.7 Å². The lowest BCUT2D eigenvalue weighted by molar-refractivity contribution is -0.138. The SMILES string of the molecule is CCOP(=O)(CCC#Cc1cc(C(=O)O)ccc1C(F)(F)F)OCC.CCOP(=O)(CCC#Cc1cc(C)ccc1C(F)(F)F)OCC. The van der Waals surface area contributed by atoms with Crippen LogP contribution in [0.25, 0.3) is 0 Å². The second kappa shape index (κ2) is 19.8. The number of benzene rings is 2. The number of hydrogen-bond donors (Lipinski definition) is 1. The molecule has 0 saturated carbocycles. The van der Waals surface area contributed by atoms with Gasteiger partial charge in [-0.3, -0.25) is 9.13 Å². The molecule has 0 aliphatic carbocycles. The summed E-state index contributed by atoms with van der Waals surface area (Å²) in [5.74, 6) is 8.58. The third-order valence-corrected chi connectivity index (χ3v) is 9.97. The monoisotopic (exact) mass is 726 g/mol. The molecule has 1 N–H and O–H groups in total. The summed E-state index contributed by atoms with van der Waals surface area (Å²) in [7, 11) is -6.55. The van der Waals surface area contributed by atoms with Crippen molar-refractivity contribution >= 4 is 21.2 Å². The first-order valence-electron chi connectivity index (χ1n) is 14.7. The van der Waals surface area contributed by atoms with Gasteiger partial charge in [-0.25, -0.2) is 4.79 Å². The molecule has 0 aliphatic rings. The number of carboxylic acids is 1. The standard InChI is InChI=1S/C16H18F3O5P.C16H20F3O3P/c1-3-23-25(22,24-4-2)10-6-5-7-12-11-13(15(20)21)8-9-14(12)16(17,18)19;1-4-21-23(20,22-5-2)11-7-6-8-14-12-13(3)9-10-15(14)16(17,18)19/h8-9,11H,3-4,6,10H2,1-2H3,(H,20,21);9-10,12H,4-5,7,11H2,1-3H3. The first kappa shape index (κ1) is 42.9. The van der Waals surface area contributed by atoms with E-state index in [9.17, 15) is 40.3 Å². The maximum atomic E-state index is 13.0. The van der Waals surface area contributed by atoms with Crippen molar-refractivity contribution in [2.75, 3.05) is 38.8 Å². The van der Waals surface area contributed by atoms with Gasteiger partial charge in [0.05, 0.1) is 55.4 Å². The molecule has 2 rings (SSSR count). The van der Waals surface area contributed by atoms with Crippen molar-refractivity contribution in [2.24, 2.45) is 0 Å². The van der Waals surface area contributed by atoms with Crippen molar-refractivity contribution in [3.8, 4) is 23.7 Å². The van der Waals surface area contributed by atoms with Crippen molar-refractivity contribution < 1.29 is 63.5 Å². The molecular weight excluding hydrogens is 688 g/mol. The largest absolute Gasteiger partial charge is 0.478 e. The van der Waals surface area contributed by atoms with Gasteiger partial charge in [-0.1, -0.05) is 29.7 Å². The van der Waals surface area contributed by atoms with E-state index < -0.39 is 50.2 Å². The molecule has 0 aliphatic heterocycles. The highest BCUT2D eigenvalue weighted by molar-refractivity contribution is 7.54. The van der Waals surface area contributed by atoms with Crippen LogP contribution in [-0.2, 0) is 39.6 Å². The molecule has 0 saturated heterocycles. The Morgan fingerprint density at radius 1 is 0.688 bits per heavy atom. The smallest absolute Gasteiger partial charge is 0.417 e. The van der Waals surface area contributed by atoms with Crippen LogP contribution in [0.15, 0.2) is 36.4 Å². The van der Waals surface area contributed by atoms with Gasteiger partial charge in [0.2, 0.25) is 0 Å². The van der Waals surface area contributed by atoms with Crippen molar-refractivity contribution in [1.82, 2.24) is 0 Å². The molecule has 8 nitrogen and oxygen atoms in total. The van der Waals surface area contributed by atoms with Gasteiger partial charge >= 0.3 is 33.5 Å². The zero-order chi connectivity index (χ0) is 36.6. The summed E-state index contributed by atoms with van der Waals surface area (Å²) in [6.07, 6.45) is -9.03. The van der Waals surface area contributed by atoms with E-state index in [0.29, 0.717) is 11.6 Å². The predicted octanol–water partition coefficient (Wildman–Crippen LogP) is 9.43. The fourth-order valence-corrected chi connectivity index (χ4v) is 6.87. The summed E-state index contributed by atoms with van der Waals surface area (Å²) in [4.78, 5) is 10.9. The number of carbonyl (C=O) groups is 1. The van der Waals surface area contributed by atoms with Gasteiger partial charge in [0.15, 0.2) is 0 Å². The molecule has 266 valence electrons. The van der Waals surface area contributed by atoms with Crippen LogP contribution >= 0.6 is 15.2 Å². The topological polar surface area (TPSA) is 108 Å². The highest BCUT2D eigenvalue weighted by Gasteiger charge is 2.34. The maximum Gasteiger partial charge on any atom is 0.417 e. The molecule has 2 aromatic carbocycles. The number of carboxylic acid groups (broad SMARTS) is 1. The molecule has 48 heavy (non-hydrogen) atoms. The summed E-state index contributed by atoms with van der Waals surface area (Å²) >= 11 is 0. The van der Waals surface area contributed by atoms with Gasteiger partial charge in [0.25, 0.3) is 0 Å². The second-order valence-electron chi connectivity index (χ2n) is 9.55. The van der Waals surface area contributed by atoms with Crippen LogP contribution < -0.4 is 0 Å². The lowest BCUT2D eigenvalue weighted by atomic mass is 10.0. The normalized spacial score (nSPS) is 11.8. The lowest BCUT2D eigenvalue weighted by Crippen LogP contribution is -2.09. The third-order valence-electron chi connectivity index (χ3n) is 5.82. The van der Waals surface area contributed by atoms with Gasteiger partial charge in [-0.15, -0.1) is 0 Å². The van der Waals surface area contributed by atoms with Gasteiger partial charge < -0.3 is 23.2 Å². The average molecular weight is 727 g/mol. The van der Waals surface area contributed by atoms with Gasteiger partial charge in [-0.2, -0.15) is 26.3 Å². The number of aromatic carboxylic acids is 1. The molecule has 16 heteroatoms. The third kappa shape index (κ3) is 15.0. The number of aryl methyl sites for hydroxylation is 1. The Bertz CT molecular complexity index is 1560. The lowest BCUT2D eigenvalue weighted by Gasteiger charge is -2.15. The van der Waals surface area contributed by atoms with Gasteiger partial charge in [-0.05, 0) is 70.5 Å². The van der Waals surface area contributed by atoms with Crippen molar-refractivity contribution in [1.29, 1.82) is 0 Å². The molecule has 0 atom stereocenters. The summed E-state index contributed by atoms with van der Waals surface area (Å²) < 4.78 is 122. The fourth-order valence-electron chi connectivity index (χ4n) is 3.86. The predicted molar refractivity (Wildman–Crippen MR) is 169 cm³/mol. The Morgan fingerprint density at radius 3 is 1.42 bits per heavy atom. The minimum Gasteiger partial charge on any atom is -0.478 e. The Labute approximate surface area is 276 Å². The van der Waals surface area contributed by atoms with E-state index >= 15 is 0 Å². The maximum absolute atomic E-state index is 13.0. The molecule has 0 unspecified atom stereocenters. The van der Waals surface area contributed by atoms with Crippen LogP contribution in [0.5, 0.6) is 0 Å². The Balaban J connectivity index is 0.000000482. The summed E-state index contributed by atoms with van der Waals surface area (Å²) in [6.45, 7) is 9.19. The van der Waals surface area contributed by atoms with Crippen LogP contribution in [0.2, 0.25) is 0 Å². The first-order valence-corrected chi connectivity index (χ1v) is 18.2. The van der Waals surface area contributed by atoms with Crippen LogP contribution in [0, 0.1) is 30.6 Å². The molecule has 0 amide bonds. The van der Waals surface area contributed by atoms with Crippen LogP contribution in [0.4, 0.5) is 26.3 Å². The minimum atomic E-state index is -4.66. The number of halogens is 6. The molecular formula is C32H38F6O8P2. The molecule has 0 aromatic heterocycles. The Morgan fingerprint density at radius 2 is 1.06 bits per heavy atom. The van der Waals surface area contributed by atoms with Crippen LogP contribution in [0.3, 0.4) is 0 Å². The van der Waals surface area contributed by atoms with Crippen molar-refractivity contribution in [3.05, 3.63) is 69.8 Å². The van der Waals surface area contributed by atoms with E-state index in [0.717, 1.165) is 18.2 Å². The molecule has 0 bridgehead atoms. The van der Waals surface area contributed by atoms with E-state index in [1.165, 1.54) is 12.1 Å². The van der Waals surface area contributed by atoms with Gasteiger partial charge in [0, 0.05) is 24.0 Å². The molecule has 0 radical (unpaired) electrons. The second-order valence-corrected chi connectivity index (χ2v) is 13.9. The van der Waals surface area contributed by atoms with Gasteiger partial charge in [0.1, 0.15) is 0 Å². The summed E-state index contributed by atoms with van der Waals surface area (Å²) in [5.41, 5.74) is -1.94. The average Bonchev–Trinajstić information content (AvgIpc) is 2.97. The van der Waals surface area contributed by atoms with E-state index in [1.54, 1.807) is 34.6 Å². The molecule has 2 aromatic rings. The van der Waals surface area contributed by atoms with Crippen molar-refractivity contribution in [2.45, 2.75) is 59.8 Å². The minimum absolute atomic E-state index is 0.0220. The van der Waals surface area contributed by atoms with E-state index in [2.05, 4.69) is 23.7 Å². The van der Waals surface area contributed by atoms with Crippen molar-refractivity contribution in [3.63, 3.8) is 0 Å². The van der Waals surface area contributed by atoms with Crippen LogP contribution in [-0.4, -0.2) is 49.8 Å². The summed E-state index contributed by atoms with van der Waals surface area (Å²) in [5, 5.41) is 8.90. The molecule has 0 fully saturated rings. The van der Waals surface area contributed by atoms with E-state index in [4.69, 9.17) is 23.2 Å². The number of rotatable bonds is 13. The number of hydrogen-bond acceptors (Lipinski definition) is 7. The Kier molecular flexibility index (Phi) is 17.7. The molecule has 0 spiro atoms. The Hall–Kier alpha value is -3.09. The fraction of sp³-hybridized carbons (Fsp3) is 0.469.